The highest BCUT2D eigenvalue weighted by molar-refractivity contribution is 7.09. The number of ketones is 1. The standard InChI is InChI=1S/C14H15NO2S/c1-10-15-13(9-18-10)14(16)8-5-11-3-6-12(17-2)7-4-11/h3-4,6-7,9H,5,8H2,1-2H3. The van der Waals surface area contributed by atoms with Gasteiger partial charge in [-0.15, -0.1) is 11.3 Å². The number of thiazole rings is 1. The van der Waals surface area contributed by atoms with Crippen molar-refractivity contribution in [2.24, 2.45) is 0 Å². The van der Waals surface area contributed by atoms with Crippen molar-refractivity contribution >= 4 is 17.1 Å². The highest BCUT2D eigenvalue weighted by Gasteiger charge is 2.09. The summed E-state index contributed by atoms with van der Waals surface area (Å²) >= 11 is 1.51. The number of carbonyl (C=O) groups excluding carboxylic acids is 1. The molecule has 94 valence electrons. The first-order valence-electron chi connectivity index (χ1n) is 5.77. The van der Waals surface area contributed by atoms with Crippen LogP contribution >= 0.6 is 11.3 Å². The molecule has 1 heterocycles. The molecule has 0 radical (unpaired) electrons. The van der Waals surface area contributed by atoms with E-state index in [1.165, 1.54) is 11.3 Å². The van der Waals surface area contributed by atoms with Crippen molar-refractivity contribution in [2.75, 3.05) is 7.11 Å². The molecule has 18 heavy (non-hydrogen) atoms. The fourth-order valence-electron chi connectivity index (χ4n) is 1.67. The van der Waals surface area contributed by atoms with Crippen LogP contribution in [0.2, 0.25) is 0 Å². The lowest BCUT2D eigenvalue weighted by molar-refractivity contribution is 0.0978. The van der Waals surface area contributed by atoms with E-state index in [1.54, 1.807) is 7.11 Å². The lowest BCUT2D eigenvalue weighted by Gasteiger charge is -2.02. The van der Waals surface area contributed by atoms with Gasteiger partial charge in [-0.05, 0) is 31.0 Å². The fourth-order valence-corrected chi connectivity index (χ4v) is 2.29. The predicted molar refractivity (Wildman–Crippen MR) is 72.5 cm³/mol. The van der Waals surface area contributed by atoms with Gasteiger partial charge in [0.1, 0.15) is 11.4 Å². The second-order valence-electron chi connectivity index (χ2n) is 4.02. The second-order valence-corrected chi connectivity index (χ2v) is 5.09. The van der Waals surface area contributed by atoms with Gasteiger partial charge >= 0.3 is 0 Å². The fraction of sp³-hybridized carbons (Fsp3) is 0.286. The maximum absolute atomic E-state index is 11.9. The number of rotatable bonds is 5. The van der Waals surface area contributed by atoms with Crippen molar-refractivity contribution in [3.8, 4) is 5.75 Å². The molecule has 0 aliphatic carbocycles. The minimum atomic E-state index is 0.107. The Morgan fingerprint density at radius 2 is 2.06 bits per heavy atom. The summed E-state index contributed by atoms with van der Waals surface area (Å²) in [5, 5.41) is 2.76. The van der Waals surface area contributed by atoms with Crippen molar-refractivity contribution in [2.45, 2.75) is 19.8 Å². The molecule has 0 aliphatic rings. The van der Waals surface area contributed by atoms with E-state index in [4.69, 9.17) is 4.74 Å². The quantitative estimate of drug-likeness (QED) is 0.775. The van der Waals surface area contributed by atoms with Crippen LogP contribution in [-0.2, 0) is 6.42 Å². The molecule has 0 atom stereocenters. The first-order chi connectivity index (χ1) is 8.69. The zero-order valence-electron chi connectivity index (χ0n) is 10.5. The van der Waals surface area contributed by atoms with Gasteiger partial charge in [-0.3, -0.25) is 4.79 Å². The highest BCUT2D eigenvalue weighted by atomic mass is 32.1. The van der Waals surface area contributed by atoms with E-state index < -0.39 is 0 Å². The molecule has 3 nitrogen and oxygen atoms in total. The molecule has 2 rings (SSSR count). The molecule has 0 amide bonds. The van der Waals surface area contributed by atoms with E-state index in [9.17, 15) is 4.79 Å². The molecular formula is C14H15NO2S. The number of Topliss-reactive ketones (excluding diaryl/α,β-unsaturated/α-hetero) is 1. The van der Waals surface area contributed by atoms with E-state index in [-0.39, 0.29) is 5.78 Å². The summed E-state index contributed by atoms with van der Waals surface area (Å²) in [7, 11) is 1.64. The molecule has 2 aromatic rings. The van der Waals surface area contributed by atoms with Gasteiger partial charge in [0.05, 0.1) is 12.1 Å². The topological polar surface area (TPSA) is 39.2 Å². The molecule has 0 fully saturated rings. The Morgan fingerprint density at radius 3 is 2.61 bits per heavy atom. The van der Waals surface area contributed by atoms with Crippen LogP contribution in [0.15, 0.2) is 29.6 Å². The van der Waals surface area contributed by atoms with Gasteiger partial charge in [0, 0.05) is 11.8 Å². The third kappa shape index (κ3) is 3.17. The normalized spacial score (nSPS) is 10.3. The van der Waals surface area contributed by atoms with Gasteiger partial charge in [-0.25, -0.2) is 4.98 Å². The largest absolute Gasteiger partial charge is 0.497 e. The van der Waals surface area contributed by atoms with E-state index in [0.717, 1.165) is 22.7 Å². The zero-order chi connectivity index (χ0) is 13.0. The van der Waals surface area contributed by atoms with Crippen LogP contribution in [-0.4, -0.2) is 17.9 Å². The predicted octanol–water partition coefficient (Wildman–Crippen LogP) is 3.28. The third-order valence-electron chi connectivity index (χ3n) is 2.70. The Morgan fingerprint density at radius 1 is 1.33 bits per heavy atom. The van der Waals surface area contributed by atoms with Gasteiger partial charge in [-0.1, -0.05) is 12.1 Å². The summed E-state index contributed by atoms with van der Waals surface area (Å²) in [5.74, 6) is 0.940. The Bertz CT molecular complexity index is 531. The lowest BCUT2D eigenvalue weighted by Crippen LogP contribution is -2.01. The third-order valence-corrected chi connectivity index (χ3v) is 3.48. The van der Waals surface area contributed by atoms with E-state index in [1.807, 2.05) is 36.6 Å². The number of aryl methyl sites for hydroxylation is 2. The average Bonchev–Trinajstić information content (AvgIpc) is 2.83. The lowest BCUT2D eigenvalue weighted by atomic mass is 10.1. The number of nitrogens with zero attached hydrogens (tertiary/aromatic N) is 1. The van der Waals surface area contributed by atoms with Crippen molar-refractivity contribution in [1.82, 2.24) is 4.98 Å². The van der Waals surface area contributed by atoms with Gasteiger partial charge in [0.15, 0.2) is 5.78 Å². The van der Waals surface area contributed by atoms with Gasteiger partial charge in [0.2, 0.25) is 0 Å². The van der Waals surface area contributed by atoms with Gasteiger partial charge in [-0.2, -0.15) is 0 Å². The first-order valence-corrected chi connectivity index (χ1v) is 6.65. The first kappa shape index (κ1) is 12.8. The molecule has 0 aliphatic heterocycles. The van der Waals surface area contributed by atoms with Crippen molar-refractivity contribution < 1.29 is 9.53 Å². The summed E-state index contributed by atoms with van der Waals surface area (Å²) in [4.78, 5) is 16.1. The smallest absolute Gasteiger partial charge is 0.182 e. The summed E-state index contributed by atoms with van der Waals surface area (Å²) in [6.07, 6.45) is 1.23. The monoisotopic (exact) mass is 261 g/mol. The van der Waals surface area contributed by atoms with Gasteiger partial charge < -0.3 is 4.74 Å². The molecule has 0 N–H and O–H groups in total. The molecule has 0 saturated carbocycles. The summed E-state index contributed by atoms with van der Waals surface area (Å²) < 4.78 is 5.09. The van der Waals surface area contributed by atoms with Crippen LogP contribution in [0.5, 0.6) is 5.75 Å². The van der Waals surface area contributed by atoms with Gasteiger partial charge in [0.25, 0.3) is 0 Å². The molecule has 0 spiro atoms. The average molecular weight is 261 g/mol. The summed E-state index contributed by atoms with van der Waals surface area (Å²) in [5.41, 5.74) is 1.72. The van der Waals surface area contributed by atoms with Crippen LogP contribution in [0, 0.1) is 6.92 Å². The number of methoxy groups -OCH3 is 1. The van der Waals surface area contributed by atoms with Crippen LogP contribution in [0.4, 0.5) is 0 Å². The van der Waals surface area contributed by atoms with E-state index in [0.29, 0.717) is 12.1 Å². The number of aromatic nitrogens is 1. The molecule has 0 bridgehead atoms. The van der Waals surface area contributed by atoms with Crippen LogP contribution < -0.4 is 4.74 Å². The van der Waals surface area contributed by atoms with E-state index >= 15 is 0 Å². The van der Waals surface area contributed by atoms with Crippen molar-refractivity contribution in [3.63, 3.8) is 0 Å². The number of hydrogen-bond acceptors (Lipinski definition) is 4. The van der Waals surface area contributed by atoms with Crippen molar-refractivity contribution in [3.05, 3.63) is 45.9 Å². The number of ether oxygens (including phenoxy) is 1. The minimum Gasteiger partial charge on any atom is -0.497 e. The van der Waals surface area contributed by atoms with Crippen LogP contribution in [0.1, 0.15) is 27.5 Å². The highest BCUT2D eigenvalue weighted by Crippen LogP contribution is 2.15. The Balaban J connectivity index is 1.92. The molecule has 0 saturated heterocycles. The van der Waals surface area contributed by atoms with Crippen LogP contribution in [0.25, 0.3) is 0 Å². The van der Waals surface area contributed by atoms with Crippen molar-refractivity contribution in [1.29, 1.82) is 0 Å². The minimum absolute atomic E-state index is 0.107. The SMILES string of the molecule is COc1ccc(CCC(=O)c2csc(C)n2)cc1. The second kappa shape index (κ2) is 5.78. The zero-order valence-corrected chi connectivity index (χ0v) is 11.3. The maximum atomic E-state index is 11.9. The molecule has 1 aromatic carbocycles. The number of hydrogen-bond donors (Lipinski definition) is 0. The molecule has 1 aromatic heterocycles. The van der Waals surface area contributed by atoms with E-state index in [2.05, 4.69) is 4.98 Å². The Hall–Kier alpha value is -1.68. The molecule has 0 unspecified atom stereocenters. The van der Waals surface area contributed by atoms with Crippen LogP contribution in [0.3, 0.4) is 0 Å². The molecular weight excluding hydrogens is 246 g/mol. The Labute approximate surface area is 110 Å². The summed E-state index contributed by atoms with van der Waals surface area (Å²) in [6, 6.07) is 7.79. The maximum Gasteiger partial charge on any atom is 0.182 e. The molecule has 4 heteroatoms. The number of benzene rings is 1. The Kier molecular flexibility index (Phi) is 4.10. The number of carbonyl (C=O) groups is 1. The summed E-state index contributed by atoms with van der Waals surface area (Å²) in [6.45, 7) is 1.91.